The van der Waals surface area contributed by atoms with Crippen molar-refractivity contribution in [1.29, 1.82) is 0 Å². The Hall–Kier alpha value is -1.59. The number of hydrogen-bond acceptors (Lipinski definition) is 4. The first kappa shape index (κ1) is 18.2. The number of nitrogens with zero attached hydrogens (tertiary/aromatic N) is 2. The van der Waals surface area contributed by atoms with Crippen LogP contribution >= 0.6 is 0 Å². The molecule has 1 amide bonds. The summed E-state index contributed by atoms with van der Waals surface area (Å²) in [5.41, 5.74) is 6.50. The monoisotopic (exact) mass is 345 g/mol. The Morgan fingerprint density at radius 2 is 1.80 bits per heavy atom. The lowest BCUT2D eigenvalue weighted by Gasteiger charge is -2.38. The van der Waals surface area contributed by atoms with Crippen molar-refractivity contribution in [1.82, 2.24) is 9.80 Å². The van der Waals surface area contributed by atoms with Gasteiger partial charge < -0.3 is 20.3 Å². The summed E-state index contributed by atoms with van der Waals surface area (Å²) in [6.45, 7) is 5.38. The second-order valence-electron chi connectivity index (χ2n) is 7.20. The number of carbonyl (C=O) groups excluding carboxylic acids is 1. The second-order valence-corrected chi connectivity index (χ2v) is 7.20. The second kappa shape index (κ2) is 9.20. The summed E-state index contributed by atoms with van der Waals surface area (Å²) in [5, 5.41) is 0. The molecule has 1 unspecified atom stereocenters. The molecule has 2 aliphatic rings. The van der Waals surface area contributed by atoms with Gasteiger partial charge >= 0.3 is 0 Å². The predicted octanol–water partition coefficient (Wildman–Crippen LogP) is 2.04. The normalized spacial score (nSPS) is 21.5. The van der Waals surface area contributed by atoms with Gasteiger partial charge in [-0.25, -0.2) is 0 Å². The van der Waals surface area contributed by atoms with Gasteiger partial charge in [0.15, 0.2) is 0 Å². The van der Waals surface area contributed by atoms with E-state index in [0.717, 1.165) is 37.2 Å². The van der Waals surface area contributed by atoms with Gasteiger partial charge in [-0.05, 0) is 62.9 Å². The molecule has 0 aliphatic carbocycles. The van der Waals surface area contributed by atoms with Gasteiger partial charge in [0.25, 0.3) is 0 Å². The van der Waals surface area contributed by atoms with Crippen molar-refractivity contribution in [2.75, 3.05) is 39.3 Å². The molecule has 2 fully saturated rings. The highest BCUT2D eigenvalue weighted by Crippen LogP contribution is 2.21. The van der Waals surface area contributed by atoms with E-state index in [1.54, 1.807) is 0 Å². The zero-order valence-electron chi connectivity index (χ0n) is 15.2. The van der Waals surface area contributed by atoms with E-state index >= 15 is 0 Å². The van der Waals surface area contributed by atoms with Crippen molar-refractivity contribution in [3.8, 4) is 5.75 Å². The molecule has 2 heterocycles. The Balaban J connectivity index is 1.56. The summed E-state index contributed by atoms with van der Waals surface area (Å²) in [5.74, 6) is 1.08. The van der Waals surface area contributed by atoms with Crippen LogP contribution in [-0.4, -0.2) is 61.1 Å². The van der Waals surface area contributed by atoms with Crippen LogP contribution < -0.4 is 10.5 Å². The number of rotatable bonds is 7. The molecular formula is C20H31N3O2. The third-order valence-corrected chi connectivity index (χ3v) is 5.28. The standard InChI is InChI=1S/C20H31N3O2/c21-10-14-25-19-8-6-17(7-9-19)15-20(24)23-13-2-1-5-18(23)16-22-11-3-4-12-22/h6-9,18H,1-5,10-16,21H2. The quantitative estimate of drug-likeness (QED) is 0.822. The first-order chi connectivity index (χ1) is 12.3. The molecule has 0 aromatic heterocycles. The molecule has 25 heavy (non-hydrogen) atoms. The summed E-state index contributed by atoms with van der Waals surface area (Å²) in [6, 6.07) is 8.23. The average molecular weight is 345 g/mol. The molecule has 2 N–H and O–H groups in total. The van der Waals surface area contributed by atoms with E-state index < -0.39 is 0 Å². The van der Waals surface area contributed by atoms with Gasteiger partial charge in [-0.3, -0.25) is 4.79 Å². The number of amides is 1. The molecule has 1 atom stereocenters. The molecule has 0 spiro atoms. The molecule has 3 rings (SSSR count). The molecule has 0 radical (unpaired) electrons. The minimum absolute atomic E-state index is 0.263. The van der Waals surface area contributed by atoms with Gasteiger partial charge in [0.2, 0.25) is 5.91 Å². The molecule has 2 aliphatic heterocycles. The third-order valence-electron chi connectivity index (χ3n) is 5.28. The molecule has 0 bridgehead atoms. The molecule has 2 saturated heterocycles. The third kappa shape index (κ3) is 5.19. The van der Waals surface area contributed by atoms with E-state index in [0.29, 0.717) is 25.6 Å². The van der Waals surface area contributed by atoms with Crippen molar-refractivity contribution in [3.63, 3.8) is 0 Å². The van der Waals surface area contributed by atoms with Crippen LogP contribution in [0.25, 0.3) is 0 Å². The van der Waals surface area contributed by atoms with Gasteiger partial charge in [0.1, 0.15) is 12.4 Å². The van der Waals surface area contributed by atoms with Crippen LogP contribution in [0.2, 0.25) is 0 Å². The van der Waals surface area contributed by atoms with Crippen LogP contribution in [0, 0.1) is 0 Å². The van der Waals surface area contributed by atoms with E-state index in [1.807, 2.05) is 24.3 Å². The van der Waals surface area contributed by atoms with E-state index in [2.05, 4.69) is 9.80 Å². The smallest absolute Gasteiger partial charge is 0.227 e. The number of benzene rings is 1. The Bertz CT molecular complexity index is 540. The first-order valence-electron chi connectivity index (χ1n) is 9.70. The fourth-order valence-corrected chi connectivity index (χ4v) is 3.94. The highest BCUT2D eigenvalue weighted by Gasteiger charge is 2.28. The van der Waals surface area contributed by atoms with E-state index in [4.69, 9.17) is 10.5 Å². The maximum atomic E-state index is 12.9. The average Bonchev–Trinajstić information content (AvgIpc) is 3.14. The Morgan fingerprint density at radius 1 is 1.08 bits per heavy atom. The van der Waals surface area contributed by atoms with Crippen molar-refractivity contribution < 1.29 is 9.53 Å². The van der Waals surface area contributed by atoms with Crippen molar-refractivity contribution in [2.24, 2.45) is 5.73 Å². The molecular weight excluding hydrogens is 314 g/mol. The fraction of sp³-hybridized carbons (Fsp3) is 0.650. The first-order valence-corrected chi connectivity index (χ1v) is 9.70. The minimum atomic E-state index is 0.263. The molecule has 5 heteroatoms. The van der Waals surface area contributed by atoms with E-state index in [9.17, 15) is 4.79 Å². The SMILES string of the molecule is NCCOc1ccc(CC(=O)N2CCCCC2CN2CCCC2)cc1. The topological polar surface area (TPSA) is 58.8 Å². The Morgan fingerprint density at radius 3 is 2.52 bits per heavy atom. The fourth-order valence-electron chi connectivity index (χ4n) is 3.94. The lowest BCUT2D eigenvalue weighted by molar-refractivity contribution is -0.134. The minimum Gasteiger partial charge on any atom is -0.492 e. The molecule has 1 aromatic carbocycles. The molecule has 0 saturated carbocycles. The van der Waals surface area contributed by atoms with Crippen molar-refractivity contribution in [3.05, 3.63) is 29.8 Å². The lowest BCUT2D eigenvalue weighted by Crippen LogP contribution is -2.49. The van der Waals surface area contributed by atoms with Crippen LogP contribution in [0.1, 0.15) is 37.7 Å². The van der Waals surface area contributed by atoms with Gasteiger partial charge in [-0.2, -0.15) is 0 Å². The highest BCUT2D eigenvalue weighted by atomic mass is 16.5. The number of likely N-dealkylation sites (tertiary alicyclic amines) is 2. The zero-order chi connectivity index (χ0) is 17.5. The Labute approximate surface area is 151 Å². The zero-order valence-corrected chi connectivity index (χ0v) is 15.2. The summed E-state index contributed by atoms with van der Waals surface area (Å²) < 4.78 is 5.50. The summed E-state index contributed by atoms with van der Waals surface area (Å²) in [6.07, 6.45) is 6.61. The van der Waals surface area contributed by atoms with Crippen LogP contribution in [0.15, 0.2) is 24.3 Å². The van der Waals surface area contributed by atoms with Crippen LogP contribution in [-0.2, 0) is 11.2 Å². The van der Waals surface area contributed by atoms with Crippen LogP contribution in [0.3, 0.4) is 0 Å². The van der Waals surface area contributed by atoms with Crippen LogP contribution in [0.5, 0.6) is 5.75 Å². The highest BCUT2D eigenvalue weighted by molar-refractivity contribution is 5.79. The summed E-state index contributed by atoms with van der Waals surface area (Å²) >= 11 is 0. The summed E-state index contributed by atoms with van der Waals surface area (Å²) in [4.78, 5) is 17.5. The molecule has 1 aromatic rings. The number of ether oxygens (including phenoxy) is 1. The number of carbonyl (C=O) groups is 1. The van der Waals surface area contributed by atoms with E-state index in [-0.39, 0.29) is 5.91 Å². The van der Waals surface area contributed by atoms with Gasteiger partial charge in [-0.15, -0.1) is 0 Å². The number of piperidine rings is 1. The van der Waals surface area contributed by atoms with Crippen LogP contribution in [0.4, 0.5) is 0 Å². The van der Waals surface area contributed by atoms with E-state index in [1.165, 1.54) is 32.4 Å². The summed E-state index contributed by atoms with van der Waals surface area (Å²) in [7, 11) is 0. The predicted molar refractivity (Wildman–Crippen MR) is 99.7 cm³/mol. The molecule has 138 valence electrons. The Kier molecular flexibility index (Phi) is 6.70. The number of hydrogen-bond donors (Lipinski definition) is 1. The van der Waals surface area contributed by atoms with Gasteiger partial charge in [0, 0.05) is 25.7 Å². The number of nitrogens with two attached hydrogens (primary N) is 1. The maximum Gasteiger partial charge on any atom is 0.227 e. The van der Waals surface area contributed by atoms with Gasteiger partial charge in [-0.1, -0.05) is 12.1 Å². The van der Waals surface area contributed by atoms with Crippen molar-refractivity contribution in [2.45, 2.75) is 44.6 Å². The van der Waals surface area contributed by atoms with Crippen molar-refractivity contribution >= 4 is 5.91 Å². The van der Waals surface area contributed by atoms with Gasteiger partial charge in [0.05, 0.1) is 6.42 Å². The lowest BCUT2D eigenvalue weighted by atomic mass is 10.00. The maximum absolute atomic E-state index is 12.9. The molecule has 5 nitrogen and oxygen atoms in total. The largest absolute Gasteiger partial charge is 0.492 e.